The molecule has 0 aliphatic carbocycles. The lowest BCUT2D eigenvalue weighted by Crippen LogP contribution is -2.37. The molecule has 0 radical (unpaired) electrons. The Kier molecular flexibility index (Phi) is 5.79. The Bertz CT molecular complexity index is 554. The Balaban J connectivity index is 1.93. The minimum Gasteiger partial charge on any atom is -0.444 e. The predicted octanol–water partition coefficient (Wildman–Crippen LogP) is 4.85. The predicted molar refractivity (Wildman–Crippen MR) is 95.3 cm³/mol. The third-order valence-electron chi connectivity index (χ3n) is 3.94. The van der Waals surface area contributed by atoms with E-state index in [1.54, 1.807) is 0 Å². The summed E-state index contributed by atoms with van der Waals surface area (Å²) in [6, 6.07) is 6.24. The van der Waals surface area contributed by atoms with E-state index in [4.69, 9.17) is 16.3 Å². The lowest BCUT2D eigenvalue weighted by Gasteiger charge is -2.26. The summed E-state index contributed by atoms with van der Waals surface area (Å²) in [7, 11) is 0. The minimum absolute atomic E-state index is 0.211. The Morgan fingerprint density at radius 2 is 2.04 bits per heavy atom. The highest BCUT2D eigenvalue weighted by Gasteiger charge is 2.25. The Hall–Kier alpha value is -1.42. The molecule has 1 N–H and O–H groups in total. The average Bonchev–Trinajstić information content (AvgIpc) is 2.67. The molecule has 5 heteroatoms. The van der Waals surface area contributed by atoms with Gasteiger partial charge in [0.2, 0.25) is 0 Å². The van der Waals surface area contributed by atoms with E-state index >= 15 is 0 Å². The molecule has 1 heterocycles. The summed E-state index contributed by atoms with van der Waals surface area (Å²) in [4.78, 5) is 14.0. The van der Waals surface area contributed by atoms with E-state index in [0.717, 1.165) is 36.5 Å². The van der Waals surface area contributed by atoms with Crippen LogP contribution >= 0.6 is 11.6 Å². The maximum atomic E-state index is 12.2. The van der Waals surface area contributed by atoms with Gasteiger partial charge < -0.3 is 15.0 Å². The number of benzene rings is 1. The zero-order valence-corrected chi connectivity index (χ0v) is 15.2. The first-order chi connectivity index (χ1) is 10.7. The van der Waals surface area contributed by atoms with Gasteiger partial charge in [0.25, 0.3) is 0 Å². The lowest BCUT2D eigenvalue weighted by molar-refractivity contribution is 0.0256. The molecule has 1 amide bonds. The third kappa shape index (κ3) is 5.61. The van der Waals surface area contributed by atoms with E-state index in [1.165, 1.54) is 5.56 Å². The summed E-state index contributed by atoms with van der Waals surface area (Å²) in [6.07, 6.45) is 2.70. The van der Waals surface area contributed by atoms with Gasteiger partial charge in [0.05, 0.1) is 0 Å². The molecule has 0 saturated carbocycles. The molecule has 1 aliphatic rings. The van der Waals surface area contributed by atoms with E-state index in [9.17, 15) is 4.79 Å². The van der Waals surface area contributed by atoms with Crippen LogP contribution in [0.2, 0.25) is 5.02 Å². The van der Waals surface area contributed by atoms with Crippen LogP contribution in [0.4, 0.5) is 10.5 Å². The summed E-state index contributed by atoms with van der Waals surface area (Å²) >= 11 is 6.08. The van der Waals surface area contributed by atoms with Crippen LogP contribution in [0.1, 0.15) is 45.6 Å². The Morgan fingerprint density at radius 3 is 2.74 bits per heavy atom. The van der Waals surface area contributed by atoms with Gasteiger partial charge in [-0.05, 0) is 64.7 Å². The molecule has 1 fully saturated rings. The maximum absolute atomic E-state index is 12.2. The molecule has 4 nitrogen and oxygen atoms in total. The van der Waals surface area contributed by atoms with Crippen molar-refractivity contribution in [2.24, 2.45) is 0 Å². The highest BCUT2D eigenvalue weighted by molar-refractivity contribution is 6.30. The number of nitrogens with one attached hydrogen (secondary N) is 1. The first-order valence-corrected chi connectivity index (χ1v) is 8.63. The number of rotatable bonds is 2. The van der Waals surface area contributed by atoms with Crippen molar-refractivity contribution in [3.63, 3.8) is 0 Å². The molecular formula is C18H27ClN2O2. The molecule has 23 heavy (non-hydrogen) atoms. The maximum Gasteiger partial charge on any atom is 0.410 e. The lowest BCUT2D eigenvalue weighted by atomic mass is 10.1. The topological polar surface area (TPSA) is 41.6 Å². The van der Waals surface area contributed by atoms with Gasteiger partial charge in [0, 0.05) is 29.8 Å². The van der Waals surface area contributed by atoms with Crippen molar-refractivity contribution in [1.29, 1.82) is 0 Å². The standard InChI is InChI=1S/C18H27ClN2O2/c1-13-7-8-14(19)12-16(13)20-15-6-5-10-21(11-9-15)17(22)23-18(2,3)4/h7-8,12,15,20H,5-6,9-11H2,1-4H3. The second kappa shape index (κ2) is 7.43. The zero-order chi connectivity index (χ0) is 17.0. The van der Waals surface area contributed by atoms with E-state index in [2.05, 4.69) is 12.2 Å². The number of hydrogen-bond acceptors (Lipinski definition) is 3. The minimum atomic E-state index is -0.445. The number of nitrogens with zero attached hydrogens (tertiary/aromatic N) is 1. The molecule has 1 aromatic carbocycles. The highest BCUT2D eigenvalue weighted by Crippen LogP contribution is 2.24. The van der Waals surface area contributed by atoms with E-state index in [0.29, 0.717) is 12.6 Å². The molecule has 1 aliphatic heterocycles. The molecule has 1 saturated heterocycles. The van der Waals surface area contributed by atoms with Gasteiger partial charge >= 0.3 is 6.09 Å². The van der Waals surface area contributed by atoms with Crippen LogP contribution in [-0.2, 0) is 4.74 Å². The van der Waals surface area contributed by atoms with Crippen LogP contribution in [0.5, 0.6) is 0 Å². The molecule has 1 aromatic rings. The summed E-state index contributed by atoms with van der Waals surface area (Å²) in [5, 5.41) is 4.31. The van der Waals surface area contributed by atoms with Crippen LogP contribution in [0.25, 0.3) is 0 Å². The Labute approximate surface area is 144 Å². The second-order valence-electron chi connectivity index (χ2n) is 7.20. The van der Waals surface area contributed by atoms with Gasteiger partial charge in [-0.25, -0.2) is 4.79 Å². The fraction of sp³-hybridized carbons (Fsp3) is 0.611. The van der Waals surface area contributed by atoms with Crippen LogP contribution in [-0.4, -0.2) is 35.7 Å². The monoisotopic (exact) mass is 338 g/mol. The zero-order valence-electron chi connectivity index (χ0n) is 14.5. The highest BCUT2D eigenvalue weighted by atomic mass is 35.5. The van der Waals surface area contributed by atoms with Gasteiger partial charge in [-0.1, -0.05) is 17.7 Å². The van der Waals surface area contributed by atoms with Crippen molar-refractivity contribution < 1.29 is 9.53 Å². The first kappa shape index (κ1) is 17.9. The number of aryl methyl sites for hydroxylation is 1. The van der Waals surface area contributed by atoms with Gasteiger partial charge in [0.1, 0.15) is 5.60 Å². The van der Waals surface area contributed by atoms with Crippen LogP contribution in [0.3, 0.4) is 0 Å². The fourth-order valence-electron chi connectivity index (χ4n) is 2.72. The van der Waals surface area contributed by atoms with Crippen molar-refractivity contribution in [2.45, 2.75) is 58.6 Å². The number of anilines is 1. The van der Waals surface area contributed by atoms with Gasteiger partial charge in [-0.3, -0.25) is 0 Å². The third-order valence-corrected chi connectivity index (χ3v) is 4.17. The van der Waals surface area contributed by atoms with E-state index in [-0.39, 0.29) is 6.09 Å². The summed E-state index contributed by atoms with van der Waals surface area (Å²) in [5.41, 5.74) is 1.81. The normalized spacial score (nSPS) is 19.2. The number of hydrogen-bond donors (Lipinski definition) is 1. The molecule has 0 aromatic heterocycles. The number of ether oxygens (including phenoxy) is 1. The quantitative estimate of drug-likeness (QED) is 0.838. The van der Waals surface area contributed by atoms with Crippen LogP contribution in [0, 0.1) is 6.92 Å². The van der Waals surface area contributed by atoms with Crippen molar-refractivity contribution in [2.75, 3.05) is 18.4 Å². The smallest absolute Gasteiger partial charge is 0.410 e. The van der Waals surface area contributed by atoms with E-state index in [1.807, 2.05) is 43.9 Å². The summed E-state index contributed by atoms with van der Waals surface area (Å²) < 4.78 is 5.47. The number of carbonyl (C=O) groups is 1. The summed E-state index contributed by atoms with van der Waals surface area (Å²) in [5.74, 6) is 0. The molecular weight excluding hydrogens is 312 g/mol. The van der Waals surface area contributed by atoms with Crippen molar-refractivity contribution >= 4 is 23.4 Å². The van der Waals surface area contributed by atoms with Crippen molar-refractivity contribution in [1.82, 2.24) is 4.90 Å². The number of carbonyl (C=O) groups excluding carboxylic acids is 1. The number of amides is 1. The first-order valence-electron chi connectivity index (χ1n) is 8.25. The molecule has 2 rings (SSSR count). The fourth-order valence-corrected chi connectivity index (χ4v) is 2.89. The molecule has 0 spiro atoms. The van der Waals surface area contributed by atoms with Crippen molar-refractivity contribution in [3.8, 4) is 0 Å². The Morgan fingerprint density at radius 1 is 1.30 bits per heavy atom. The van der Waals surface area contributed by atoms with Gasteiger partial charge in [0.15, 0.2) is 0 Å². The van der Waals surface area contributed by atoms with Crippen molar-refractivity contribution in [3.05, 3.63) is 28.8 Å². The van der Waals surface area contributed by atoms with E-state index < -0.39 is 5.60 Å². The molecule has 128 valence electrons. The molecule has 1 unspecified atom stereocenters. The summed E-state index contributed by atoms with van der Waals surface area (Å²) in [6.45, 7) is 9.23. The number of likely N-dealkylation sites (tertiary alicyclic amines) is 1. The number of halogens is 1. The second-order valence-corrected chi connectivity index (χ2v) is 7.64. The SMILES string of the molecule is Cc1ccc(Cl)cc1NC1CCCN(C(=O)OC(C)(C)C)CC1. The van der Waals surface area contributed by atoms with Gasteiger partial charge in [-0.15, -0.1) is 0 Å². The molecule has 1 atom stereocenters. The largest absolute Gasteiger partial charge is 0.444 e. The van der Waals surface area contributed by atoms with Crippen LogP contribution < -0.4 is 5.32 Å². The molecule has 0 bridgehead atoms. The van der Waals surface area contributed by atoms with Crippen LogP contribution in [0.15, 0.2) is 18.2 Å². The average molecular weight is 339 g/mol. The van der Waals surface area contributed by atoms with Gasteiger partial charge in [-0.2, -0.15) is 0 Å².